The number of hydrogen-bond acceptors (Lipinski definition) is 5. The van der Waals surface area contributed by atoms with Crippen LogP contribution in [0.4, 0.5) is 22.8 Å². The molecule has 2 aliphatic carbocycles. The van der Waals surface area contributed by atoms with Gasteiger partial charge in [-0.3, -0.25) is 0 Å². The zero-order valence-corrected chi connectivity index (χ0v) is 23.0. The molecule has 4 unspecified atom stereocenters. The summed E-state index contributed by atoms with van der Waals surface area (Å²) in [6, 6.07) is 4.63. The molecular weight excluding hydrogens is 505 g/mol. The third-order valence-corrected chi connectivity index (χ3v) is 6.25. The molecular formula is C27H41F3N2O6. The quantitative estimate of drug-likeness (QED) is 0.415. The van der Waals surface area contributed by atoms with Crippen LogP contribution in [0.25, 0.3) is 0 Å². The van der Waals surface area contributed by atoms with Crippen LogP contribution in [0.1, 0.15) is 85.6 Å². The highest BCUT2D eigenvalue weighted by Crippen LogP contribution is 2.34. The van der Waals surface area contributed by atoms with Gasteiger partial charge in [0, 0.05) is 24.0 Å². The standard InChI is InChI=1S/C21H30F3NO3.C6H11NO3/c1-19(2,3)25(18(26)28-20(4,5)6)15-9-12-17(13-15)27-16-10-7-14(8-11-16)21(22,23)24;8-5-2-1-4(3-5)7-6(9)10/h7-8,10-11,15,17H,9,12-13H2,1-6H3;4-5,7-8H,1-3H2,(H,9,10). The first kappa shape index (κ1) is 31.5. The van der Waals surface area contributed by atoms with Crippen molar-refractivity contribution in [3.05, 3.63) is 29.8 Å². The maximum atomic E-state index is 12.7. The molecule has 11 heteroatoms. The minimum absolute atomic E-state index is 0.0347. The van der Waals surface area contributed by atoms with E-state index < -0.39 is 29.0 Å². The lowest BCUT2D eigenvalue weighted by molar-refractivity contribution is -0.137. The number of alkyl halides is 3. The first-order valence-corrected chi connectivity index (χ1v) is 12.9. The predicted molar refractivity (Wildman–Crippen MR) is 136 cm³/mol. The summed E-state index contributed by atoms with van der Waals surface area (Å²) in [5.41, 5.74) is -1.71. The highest BCUT2D eigenvalue weighted by molar-refractivity contribution is 5.69. The summed E-state index contributed by atoms with van der Waals surface area (Å²) in [6.07, 6.45) is -2.08. The number of benzene rings is 1. The second kappa shape index (κ2) is 12.4. The summed E-state index contributed by atoms with van der Waals surface area (Å²) in [4.78, 5) is 24.6. The first-order valence-electron chi connectivity index (χ1n) is 12.9. The number of aliphatic hydroxyl groups is 1. The van der Waals surface area contributed by atoms with E-state index in [9.17, 15) is 22.8 Å². The number of carboxylic acid groups (broad SMARTS) is 1. The van der Waals surface area contributed by atoms with Crippen molar-refractivity contribution in [1.29, 1.82) is 0 Å². The van der Waals surface area contributed by atoms with Crippen LogP contribution in [0.2, 0.25) is 0 Å². The molecule has 0 bridgehead atoms. The van der Waals surface area contributed by atoms with Crippen molar-refractivity contribution in [2.75, 3.05) is 0 Å². The van der Waals surface area contributed by atoms with E-state index in [0.717, 1.165) is 31.4 Å². The van der Waals surface area contributed by atoms with E-state index in [1.807, 2.05) is 41.5 Å². The van der Waals surface area contributed by atoms with Crippen molar-refractivity contribution in [2.45, 2.75) is 122 Å². The van der Waals surface area contributed by atoms with Gasteiger partial charge in [-0.2, -0.15) is 13.2 Å². The van der Waals surface area contributed by atoms with Gasteiger partial charge < -0.3 is 29.9 Å². The maximum Gasteiger partial charge on any atom is 0.416 e. The third kappa shape index (κ3) is 10.2. The molecule has 0 aromatic heterocycles. The third-order valence-electron chi connectivity index (χ3n) is 6.25. The number of nitrogens with one attached hydrogen (secondary N) is 1. The largest absolute Gasteiger partial charge is 0.490 e. The molecule has 38 heavy (non-hydrogen) atoms. The van der Waals surface area contributed by atoms with Gasteiger partial charge in [-0.25, -0.2) is 9.59 Å². The Kier molecular flexibility index (Phi) is 10.3. The summed E-state index contributed by atoms with van der Waals surface area (Å²) in [5.74, 6) is 0.401. The van der Waals surface area contributed by atoms with E-state index in [1.165, 1.54) is 12.1 Å². The minimum Gasteiger partial charge on any atom is -0.490 e. The lowest BCUT2D eigenvalue weighted by Gasteiger charge is -2.41. The molecule has 216 valence electrons. The molecule has 1 aromatic carbocycles. The number of amides is 2. The Morgan fingerprint density at radius 2 is 1.55 bits per heavy atom. The van der Waals surface area contributed by atoms with Crippen molar-refractivity contribution in [1.82, 2.24) is 10.2 Å². The SMILES string of the molecule is CC(C)(C)OC(=O)N(C1CCC(Oc2ccc(C(F)(F)F)cc2)C1)C(C)(C)C.O=C(O)NC1CCC(O)C1. The fourth-order valence-electron chi connectivity index (χ4n) is 4.72. The highest BCUT2D eigenvalue weighted by Gasteiger charge is 2.40. The van der Waals surface area contributed by atoms with E-state index in [4.69, 9.17) is 19.7 Å². The van der Waals surface area contributed by atoms with Gasteiger partial charge in [0.05, 0.1) is 11.7 Å². The van der Waals surface area contributed by atoms with Gasteiger partial charge in [0.2, 0.25) is 0 Å². The molecule has 0 saturated heterocycles. The van der Waals surface area contributed by atoms with Gasteiger partial charge in [-0.05, 0) is 97.9 Å². The van der Waals surface area contributed by atoms with Gasteiger partial charge in [-0.1, -0.05) is 0 Å². The summed E-state index contributed by atoms with van der Waals surface area (Å²) in [5, 5.41) is 19.6. The smallest absolute Gasteiger partial charge is 0.416 e. The molecule has 0 aliphatic heterocycles. The fourth-order valence-corrected chi connectivity index (χ4v) is 4.72. The normalized spacial score (nSPS) is 23.7. The van der Waals surface area contributed by atoms with Crippen LogP contribution in [0.3, 0.4) is 0 Å². The van der Waals surface area contributed by atoms with Crippen LogP contribution in [-0.4, -0.2) is 62.7 Å². The first-order chi connectivity index (χ1) is 17.3. The van der Waals surface area contributed by atoms with Crippen molar-refractivity contribution in [2.24, 2.45) is 0 Å². The van der Waals surface area contributed by atoms with Crippen molar-refractivity contribution in [3.8, 4) is 5.75 Å². The second-order valence-electron chi connectivity index (χ2n) is 11.9. The molecule has 2 amide bonds. The molecule has 2 saturated carbocycles. The molecule has 2 fully saturated rings. The van der Waals surface area contributed by atoms with Crippen molar-refractivity contribution < 1.29 is 42.4 Å². The van der Waals surface area contributed by atoms with Gasteiger partial charge in [0.1, 0.15) is 17.5 Å². The number of aliphatic hydroxyl groups excluding tert-OH is 1. The van der Waals surface area contributed by atoms with E-state index in [0.29, 0.717) is 25.0 Å². The van der Waals surface area contributed by atoms with Gasteiger partial charge in [0.15, 0.2) is 0 Å². The summed E-state index contributed by atoms with van der Waals surface area (Å²) >= 11 is 0. The lowest BCUT2D eigenvalue weighted by Crippen LogP contribution is -2.52. The molecule has 0 heterocycles. The van der Waals surface area contributed by atoms with Crippen LogP contribution in [-0.2, 0) is 10.9 Å². The van der Waals surface area contributed by atoms with Crippen molar-refractivity contribution >= 4 is 12.2 Å². The number of halogens is 3. The van der Waals surface area contributed by atoms with Crippen LogP contribution in [0.15, 0.2) is 24.3 Å². The summed E-state index contributed by atoms with van der Waals surface area (Å²) < 4.78 is 49.5. The molecule has 4 atom stereocenters. The topological polar surface area (TPSA) is 108 Å². The number of ether oxygens (including phenoxy) is 2. The Morgan fingerprint density at radius 3 is 2.00 bits per heavy atom. The number of hydrogen-bond donors (Lipinski definition) is 3. The zero-order chi connectivity index (χ0) is 28.9. The zero-order valence-electron chi connectivity index (χ0n) is 23.0. The maximum absolute atomic E-state index is 12.7. The van der Waals surface area contributed by atoms with Gasteiger partial charge in [-0.15, -0.1) is 0 Å². The lowest BCUT2D eigenvalue weighted by atomic mass is 10.0. The Morgan fingerprint density at radius 1 is 0.947 bits per heavy atom. The number of nitrogens with zero attached hydrogens (tertiary/aromatic N) is 1. The number of rotatable bonds is 4. The predicted octanol–water partition coefficient (Wildman–Crippen LogP) is 6.21. The van der Waals surface area contributed by atoms with Crippen LogP contribution in [0.5, 0.6) is 5.75 Å². The van der Waals surface area contributed by atoms with Crippen LogP contribution in [0, 0.1) is 0 Å². The van der Waals surface area contributed by atoms with E-state index in [1.54, 1.807) is 4.90 Å². The van der Waals surface area contributed by atoms with Crippen LogP contribution >= 0.6 is 0 Å². The molecule has 8 nitrogen and oxygen atoms in total. The van der Waals surface area contributed by atoms with Crippen LogP contribution < -0.4 is 10.1 Å². The average molecular weight is 547 g/mol. The Balaban J connectivity index is 0.000000423. The molecule has 3 rings (SSSR count). The molecule has 3 N–H and O–H groups in total. The van der Waals surface area contributed by atoms with Crippen molar-refractivity contribution in [3.63, 3.8) is 0 Å². The number of carbonyl (C=O) groups excluding carboxylic acids is 1. The minimum atomic E-state index is -4.36. The highest BCUT2D eigenvalue weighted by atomic mass is 19.4. The molecule has 0 spiro atoms. The summed E-state index contributed by atoms with van der Waals surface area (Å²) in [6.45, 7) is 11.4. The Hall–Kier alpha value is -2.69. The van der Waals surface area contributed by atoms with E-state index in [2.05, 4.69) is 5.32 Å². The van der Waals surface area contributed by atoms with Gasteiger partial charge in [0.25, 0.3) is 0 Å². The van der Waals surface area contributed by atoms with E-state index in [-0.39, 0.29) is 30.4 Å². The molecule has 1 aromatic rings. The molecule has 2 aliphatic rings. The van der Waals surface area contributed by atoms with E-state index >= 15 is 0 Å². The Bertz CT molecular complexity index is 925. The molecule has 0 radical (unpaired) electrons. The second-order valence-corrected chi connectivity index (χ2v) is 11.9. The van der Waals surface area contributed by atoms with Gasteiger partial charge >= 0.3 is 18.4 Å². The monoisotopic (exact) mass is 546 g/mol. The average Bonchev–Trinajstić information content (AvgIpc) is 3.34. The summed E-state index contributed by atoms with van der Waals surface area (Å²) in [7, 11) is 0. The number of carbonyl (C=O) groups is 2. The Labute approximate surface area is 222 Å². The fraction of sp³-hybridized carbons (Fsp3) is 0.704.